The summed E-state index contributed by atoms with van der Waals surface area (Å²) in [6.45, 7) is 2.74. The Morgan fingerprint density at radius 3 is 2.62 bits per heavy atom. The number of carbonyl (C=O) groups is 1. The highest BCUT2D eigenvalue weighted by Gasteiger charge is 2.33. The Morgan fingerprint density at radius 2 is 2.14 bits per heavy atom. The predicted octanol–water partition coefficient (Wildman–Crippen LogP) is 3.13. The molecular formula is C12H15BrClNO4S2. The van der Waals surface area contributed by atoms with Gasteiger partial charge in [0.2, 0.25) is 0 Å². The summed E-state index contributed by atoms with van der Waals surface area (Å²) in [4.78, 5) is 11.7. The Labute approximate surface area is 141 Å². The summed E-state index contributed by atoms with van der Waals surface area (Å²) in [5.41, 5.74) is 0. The molecule has 1 aliphatic rings. The fourth-order valence-corrected chi connectivity index (χ4v) is 6.20. The number of hydrogen-bond donors (Lipinski definition) is 0. The molecule has 1 aromatic rings. The highest BCUT2D eigenvalue weighted by molar-refractivity contribution is 9.11. The molecular weight excluding hydrogens is 402 g/mol. The highest BCUT2D eigenvalue weighted by Crippen LogP contribution is 2.36. The molecule has 0 atom stereocenters. The van der Waals surface area contributed by atoms with Gasteiger partial charge in [0.1, 0.15) is 4.21 Å². The summed E-state index contributed by atoms with van der Waals surface area (Å²) in [5, 5.41) is 0.389. The second-order valence-electron chi connectivity index (χ2n) is 4.62. The SMILES string of the molecule is CCOC(=O)C1CCN(S(=O)(=O)c2cc(Cl)c(Br)s2)CC1. The third-order valence-corrected chi connectivity index (χ3v) is 8.11. The molecule has 0 aromatic carbocycles. The Kier molecular flexibility index (Phi) is 5.70. The first-order valence-electron chi connectivity index (χ1n) is 6.48. The van der Waals surface area contributed by atoms with Crippen molar-refractivity contribution >= 4 is 54.9 Å². The zero-order valence-corrected chi connectivity index (χ0v) is 15.3. The first kappa shape index (κ1) is 17.2. The van der Waals surface area contributed by atoms with E-state index in [0.29, 0.717) is 41.3 Å². The predicted molar refractivity (Wildman–Crippen MR) is 85.1 cm³/mol. The maximum absolute atomic E-state index is 12.5. The molecule has 118 valence electrons. The van der Waals surface area contributed by atoms with Crippen LogP contribution < -0.4 is 0 Å². The van der Waals surface area contributed by atoms with Crippen molar-refractivity contribution < 1.29 is 17.9 Å². The van der Waals surface area contributed by atoms with E-state index in [-0.39, 0.29) is 16.1 Å². The number of rotatable bonds is 4. The van der Waals surface area contributed by atoms with E-state index < -0.39 is 10.0 Å². The molecule has 1 saturated heterocycles. The van der Waals surface area contributed by atoms with Crippen LogP contribution in [-0.2, 0) is 19.6 Å². The van der Waals surface area contributed by atoms with Gasteiger partial charge in [-0.25, -0.2) is 8.42 Å². The van der Waals surface area contributed by atoms with Crippen molar-refractivity contribution in [2.75, 3.05) is 19.7 Å². The smallest absolute Gasteiger partial charge is 0.309 e. The number of sulfonamides is 1. The second kappa shape index (κ2) is 6.95. The minimum Gasteiger partial charge on any atom is -0.466 e. The van der Waals surface area contributed by atoms with Crippen LogP contribution in [0.15, 0.2) is 14.1 Å². The number of esters is 1. The van der Waals surface area contributed by atoms with Gasteiger partial charge in [0.15, 0.2) is 0 Å². The maximum atomic E-state index is 12.5. The molecule has 5 nitrogen and oxygen atoms in total. The second-order valence-corrected chi connectivity index (χ2v) is 9.56. The third-order valence-electron chi connectivity index (χ3n) is 3.29. The van der Waals surface area contributed by atoms with Gasteiger partial charge in [0.05, 0.1) is 21.3 Å². The molecule has 0 bridgehead atoms. The van der Waals surface area contributed by atoms with Crippen LogP contribution in [0.25, 0.3) is 0 Å². The summed E-state index contributed by atoms with van der Waals surface area (Å²) < 4.78 is 32.2. The largest absolute Gasteiger partial charge is 0.466 e. The highest BCUT2D eigenvalue weighted by atomic mass is 79.9. The van der Waals surface area contributed by atoms with Crippen molar-refractivity contribution in [3.8, 4) is 0 Å². The molecule has 0 saturated carbocycles. The number of nitrogens with zero attached hydrogens (tertiary/aromatic N) is 1. The quantitative estimate of drug-likeness (QED) is 0.707. The summed E-state index contributed by atoms with van der Waals surface area (Å²) in [6, 6.07) is 1.45. The average molecular weight is 417 g/mol. The number of piperidine rings is 1. The molecule has 0 N–H and O–H groups in total. The molecule has 9 heteroatoms. The topological polar surface area (TPSA) is 63.7 Å². The van der Waals surface area contributed by atoms with E-state index in [1.165, 1.54) is 10.4 Å². The zero-order chi connectivity index (χ0) is 15.6. The number of thiophene rings is 1. The van der Waals surface area contributed by atoms with Crippen molar-refractivity contribution in [3.63, 3.8) is 0 Å². The van der Waals surface area contributed by atoms with Crippen LogP contribution in [0.1, 0.15) is 19.8 Å². The van der Waals surface area contributed by atoms with Gasteiger partial charge in [-0.15, -0.1) is 11.3 Å². The third kappa shape index (κ3) is 3.79. The summed E-state index contributed by atoms with van der Waals surface area (Å²) >= 11 is 10.2. The number of halogens is 2. The van der Waals surface area contributed by atoms with Gasteiger partial charge in [0, 0.05) is 13.1 Å². The van der Waals surface area contributed by atoms with E-state index in [1.54, 1.807) is 6.92 Å². The van der Waals surface area contributed by atoms with Crippen molar-refractivity contribution in [1.82, 2.24) is 4.31 Å². The normalized spacial score (nSPS) is 17.9. The lowest BCUT2D eigenvalue weighted by Crippen LogP contribution is -2.40. The van der Waals surface area contributed by atoms with Gasteiger partial charge in [-0.05, 0) is 41.8 Å². The lowest BCUT2D eigenvalue weighted by Gasteiger charge is -2.29. The van der Waals surface area contributed by atoms with Crippen molar-refractivity contribution in [1.29, 1.82) is 0 Å². The number of carbonyl (C=O) groups excluding carboxylic acids is 1. The maximum Gasteiger partial charge on any atom is 0.309 e. The Bertz CT molecular complexity index is 604. The van der Waals surface area contributed by atoms with Gasteiger partial charge < -0.3 is 4.74 Å². The average Bonchev–Trinajstić information content (AvgIpc) is 2.80. The zero-order valence-electron chi connectivity index (χ0n) is 11.3. The van der Waals surface area contributed by atoms with Gasteiger partial charge in [-0.3, -0.25) is 4.79 Å². The van der Waals surface area contributed by atoms with E-state index in [1.807, 2.05) is 0 Å². The van der Waals surface area contributed by atoms with E-state index in [0.717, 1.165) is 11.3 Å². The summed E-state index contributed by atoms with van der Waals surface area (Å²) in [7, 11) is -3.54. The molecule has 0 aliphatic carbocycles. The molecule has 21 heavy (non-hydrogen) atoms. The molecule has 1 fully saturated rings. The summed E-state index contributed by atoms with van der Waals surface area (Å²) in [6.07, 6.45) is 0.969. The van der Waals surface area contributed by atoms with Crippen molar-refractivity contribution in [2.24, 2.45) is 5.92 Å². The minimum atomic E-state index is -3.54. The van der Waals surface area contributed by atoms with Crippen LogP contribution in [0.3, 0.4) is 0 Å². The number of hydrogen-bond acceptors (Lipinski definition) is 5. The van der Waals surface area contributed by atoms with Crippen LogP contribution in [0.2, 0.25) is 5.02 Å². The molecule has 0 radical (unpaired) electrons. The lowest BCUT2D eigenvalue weighted by molar-refractivity contribution is -0.149. The number of ether oxygens (including phenoxy) is 1. The molecule has 0 unspecified atom stereocenters. The Balaban J connectivity index is 2.06. The monoisotopic (exact) mass is 415 g/mol. The van der Waals surface area contributed by atoms with Gasteiger partial charge in [-0.1, -0.05) is 11.6 Å². The minimum absolute atomic E-state index is 0.213. The van der Waals surface area contributed by atoms with Gasteiger partial charge in [-0.2, -0.15) is 4.31 Å². The summed E-state index contributed by atoms with van der Waals surface area (Å²) in [5.74, 6) is -0.452. The molecule has 2 heterocycles. The van der Waals surface area contributed by atoms with Crippen LogP contribution in [0.4, 0.5) is 0 Å². The van der Waals surface area contributed by atoms with Crippen LogP contribution in [0, 0.1) is 5.92 Å². The Hall–Kier alpha value is -0.150. The molecule has 2 rings (SSSR count). The van der Waals surface area contributed by atoms with Crippen molar-refractivity contribution in [3.05, 3.63) is 14.9 Å². The Morgan fingerprint density at radius 1 is 1.52 bits per heavy atom. The molecule has 0 spiro atoms. The van der Waals surface area contributed by atoms with Crippen molar-refractivity contribution in [2.45, 2.75) is 24.0 Å². The van der Waals surface area contributed by atoms with Crippen LogP contribution in [0.5, 0.6) is 0 Å². The van der Waals surface area contributed by atoms with E-state index in [4.69, 9.17) is 16.3 Å². The van der Waals surface area contributed by atoms with E-state index in [2.05, 4.69) is 15.9 Å². The van der Waals surface area contributed by atoms with E-state index in [9.17, 15) is 13.2 Å². The van der Waals surface area contributed by atoms with Gasteiger partial charge in [0.25, 0.3) is 10.0 Å². The fraction of sp³-hybridized carbons (Fsp3) is 0.583. The molecule has 1 aliphatic heterocycles. The van der Waals surface area contributed by atoms with E-state index >= 15 is 0 Å². The standard InChI is InChI=1S/C12H15BrClNO4S2/c1-2-19-12(16)8-3-5-15(6-4-8)21(17,18)10-7-9(14)11(13)20-10/h7-8H,2-6H2,1H3. The fourth-order valence-electron chi connectivity index (χ4n) is 2.17. The molecule has 1 aromatic heterocycles. The first-order chi connectivity index (χ1) is 9.86. The van der Waals surface area contributed by atoms with Gasteiger partial charge >= 0.3 is 5.97 Å². The van der Waals surface area contributed by atoms with Crippen LogP contribution in [-0.4, -0.2) is 38.4 Å². The first-order valence-corrected chi connectivity index (χ1v) is 9.90. The van der Waals surface area contributed by atoms with Crippen LogP contribution >= 0.6 is 38.9 Å². The molecule has 0 amide bonds. The lowest BCUT2D eigenvalue weighted by atomic mass is 9.98.